The Kier molecular flexibility index (Phi) is 4.43. The van der Waals surface area contributed by atoms with E-state index >= 15 is 0 Å². The van der Waals surface area contributed by atoms with Crippen LogP contribution in [0.1, 0.15) is 10.5 Å². The molecular weight excluding hydrogens is 300 g/mol. The van der Waals surface area contributed by atoms with Gasteiger partial charge in [0.2, 0.25) is 0 Å². The minimum Gasteiger partial charge on any atom is -0.335 e. The van der Waals surface area contributed by atoms with Crippen LogP contribution in [-0.4, -0.2) is 58.4 Å². The molecule has 4 rings (SSSR count). The van der Waals surface area contributed by atoms with Gasteiger partial charge in [0.05, 0.1) is 17.2 Å². The van der Waals surface area contributed by atoms with Gasteiger partial charge in [0.1, 0.15) is 5.69 Å². The van der Waals surface area contributed by atoms with Crippen molar-refractivity contribution in [2.45, 2.75) is 0 Å². The summed E-state index contributed by atoms with van der Waals surface area (Å²) in [5.41, 5.74) is 2.00. The molecule has 1 aromatic carbocycles. The Hall–Kier alpha value is -2.01. The third kappa shape index (κ3) is 3.26. The first-order valence-corrected chi connectivity index (χ1v) is 8.23. The first-order valence-electron chi connectivity index (χ1n) is 8.23. The predicted octanol–water partition coefficient (Wildman–Crippen LogP) is 1.79. The van der Waals surface area contributed by atoms with Crippen molar-refractivity contribution < 1.29 is 4.79 Å². The SMILES string of the molecule is O=C(c1cnc2ccccc2n1)N1CCN(C[C]2[CH][CH][CH][CH]2)CC1. The predicted molar refractivity (Wildman–Crippen MR) is 92.3 cm³/mol. The molecule has 5 heteroatoms. The Morgan fingerprint density at radius 1 is 1.00 bits per heavy atom. The summed E-state index contributed by atoms with van der Waals surface area (Å²) in [5, 5.41) is 0. The van der Waals surface area contributed by atoms with Crippen LogP contribution in [0.3, 0.4) is 0 Å². The van der Waals surface area contributed by atoms with Crippen LogP contribution in [0.4, 0.5) is 0 Å². The Balaban J connectivity index is 1.38. The molecule has 1 saturated carbocycles. The number of hydrogen-bond donors (Lipinski definition) is 0. The second-order valence-electron chi connectivity index (χ2n) is 6.11. The highest BCUT2D eigenvalue weighted by Gasteiger charge is 2.26. The highest BCUT2D eigenvalue weighted by Crippen LogP contribution is 2.24. The van der Waals surface area contributed by atoms with Crippen molar-refractivity contribution in [2.75, 3.05) is 32.7 Å². The van der Waals surface area contributed by atoms with Gasteiger partial charge in [-0.1, -0.05) is 12.1 Å². The molecule has 1 aromatic heterocycles. The molecule has 1 amide bonds. The molecule has 0 unspecified atom stereocenters. The van der Waals surface area contributed by atoms with Crippen LogP contribution in [0.2, 0.25) is 0 Å². The topological polar surface area (TPSA) is 49.3 Å². The van der Waals surface area contributed by atoms with Gasteiger partial charge in [-0.25, -0.2) is 4.98 Å². The molecule has 5 nitrogen and oxygen atoms in total. The number of fused-ring (bicyclic) bond motifs is 1. The zero-order valence-corrected chi connectivity index (χ0v) is 13.4. The average molecular weight is 319 g/mol. The number of para-hydroxylation sites is 2. The van der Waals surface area contributed by atoms with Gasteiger partial charge < -0.3 is 4.90 Å². The quantitative estimate of drug-likeness (QED) is 0.865. The number of piperazine rings is 1. The van der Waals surface area contributed by atoms with Gasteiger partial charge in [-0.05, 0) is 43.7 Å². The van der Waals surface area contributed by atoms with E-state index in [1.165, 1.54) is 5.92 Å². The minimum absolute atomic E-state index is 0.0267. The first kappa shape index (κ1) is 15.5. The normalized spacial score (nSPS) is 19.9. The molecule has 5 radical (unpaired) electrons. The molecule has 2 fully saturated rings. The van der Waals surface area contributed by atoms with Gasteiger partial charge >= 0.3 is 0 Å². The monoisotopic (exact) mass is 319 g/mol. The third-order valence-electron chi connectivity index (χ3n) is 4.47. The van der Waals surface area contributed by atoms with Crippen LogP contribution < -0.4 is 0 Å². The molecule has 121 valence electrons. The summed E-state index contributed by atoms with van der Waals surface area (Å²) in [4.78, 5) is 25.7. The van der Waals surface area contributed by atoms with E-state index < -0.39 is 0 Å². The fourth-order valence-electron chi connectivity index (χ4n) is 3.11. The molecular formula is C19H19N4O. The lowest BCUT2D eigenvalue weighted by Crippen LogP contribution is -2.49. The second kappa shape index (κ2) is 6.85. The zero-order valence-electron chi connectivity index (χ0n) is 13.4. The number of hydrogen-bond acceptors (Lipinski definition) is 4. The van der Waals surface area contributed by atoms with Crippen molar-refractivity contribution in [2.24, 2.45) is 0 Å². The second-order valence-corrected chi connectivity index (χ2v) is 6.11. The Morgan fingerprint density at radius 2 is 1.71 bits per heavy atom. The molecule has 2 aromatic rings. The number of amides is 1. The maximum Gasteiger partial charge on any atom is 0.274 e. The largest absolute Gasteiger partial charge is 0.335 e. The summed E-state index contributed by atoms with van der Waals surface area (Å²) in [6.45, 7) is 4.18. The van der Waals surface area contributed by atoms with Crippen molar-refractivity contribution in [1.82, 2.24) is 19.8 Å². The first-order chi connectivity index (χ1) is 11.8. The van der Waals surface area contributed by atoms with E-state index in [1.54, 1.807) is 6.20 Å². The number of aromatic nitrogens is 2. The Morgan fingerprint density at radius 3 is 2.46 bits per heavy atom. The van der Waals surface area contributed by atoms with Gasteiger partial charge in [0.15, 0.2) is 0 Å². The van der Waals surface area contributed by atoms with Crippen LogP contribution in [-0.2, 0) is 0 Å². The summed E-state index contributed by atoms with van der Waals surface area (Å²) < 4.78 is 0. The average Bonchev–Trinajstić information content (AvgIpc) is 3.14. The number of carbonyl (C=O) groups is 1. The molecule has 1 saturated heterocycles. The van der Waals surface area contributed by atoms with Crippen molar-refractivity contribution in [3.8, 4) is 0 Å². The van der Waals surface area contributed by atoms with E-state index in [0.717, 1.165) is 43.8 Å². The summed E-state index contributed by atoms with van der Waals surface area (Å²) >= 11 is 0. The van der Waals surface area contributed by atoms with Crippen molar-refractivity contribution in [3.63, 3.8) is 0 Å². The van der Waals surface area contributed by atoms with E-state index in [9.17, 15) is 4.79 Å². The zero-order chi connectivity index (χ0) is 16.4. The molecule has 24 heavy (non-hydrogen) atoms. The lowest BCUT2D eigenvalue weighted by atomic mass is 10.1. The van der Waals surface area contributed by atoms with Crippen molar-refractivity contribution in [3.05, 3.63) is 67.8 Å². The van der Waals surface area contributed by atoms with Crippen LogP contribution in [0.15, 0.2) is 30.5 Å². The van der Waals surface area contributed by atoms with Gasteiger partial charge in [0, 0.05) is 32.7 Å². The highest BCUT2D eigenvalue weighted by atomic mass is 16.2. The van der Waals surface area contributed by atoms with Crippen LogP contribution in [0.5, 0.6) is 0 Å². The van der Waals surface area contributed by atoms with Gasteiger partial charge in [-0.15, -0.1) is 0 Å². The molecule has 1 aliphatic carbocycles. The van der Waals surface area contributed by atoms with Crippen LogP contribution in [0, 0.1) is 31.6 Å². The fourth-order valence-corrected chi connectivity index (χ4v) is 3.11. The lowest BCUT2D eigenvalue weighted by Gasteiger charge is -2.35. The minimum atomic E-state index is -0.0267. The summed E-state index contributed by atoms with van der Waals surface area (Å²) in [7, 11) is 0. The molecule has 0 spiro atoms. The van der Waals surface area contributed by atoms with E-state index in [1.807, 2.05) is 29.2 Å². The molecule has 2 heterocycles. The Bertz CT molecular complexity index is 718. The van der Waals surface area contributed by atoms with E-state index in [2.05, 4.69) is 40.6 Å². The van der Waals surface area contributed by atoms with E-state index in [4.69, 9.17) is 0 Å². The van der Waals surface area contributed by atoms with Gasteiger partial charge in [-0.2, -0.15) is 0 Å². The van der Waals surface area contributed by atoms with Gasteiger partial charge in [-0.3, -0.25) is 14.7 Å². The van der Waals surface area contributed by atoms with Gasteiger partial charge in [0.25, 0.3) is 5.91 Å². The summed E-state index contributed by atoms with van der Waals surface area (Å²) in [5.74, 6) is 1.30. The number of nitrogens with zero attached hydrogens (tertiary/aromatic N) is 4. The molecule has 1 aliphatic heterocycles. The standard InChI is InChI=1S/C19H19N4O/c24-19(18-13-20-16-7-3-4-8-17(16)21-18)23-11-9-22(10-12-23)14-15-5-1-2-6-15/h1-8,13H,9-12,14H2. The summed E-state index contributed by atoms with van der Waals surface area (Å²) in [6, 6.07) is 7.62. The molecule has 2 aliphatic rings. The smallest absolute Gasteiger partial charge is 0.274 e. The number of carbonyl (C=O) groups excluding carboxylic acids is 1. The van der Waals surface area contributed by atoms with E-state index in [0.29, 0.717) is 5.69 Å². The van der Waals surface area contributed by atoms with Crippen LogP contribution in [0.25, 0.3) is 11.0 Å². The highest BCUT2D eigenvalue weighted by molar-refractivity contribution is 5.93. The maximum atomic E-state index is 12.7. The van der Waals surface area contributed by atoms with Crippen LogP contribution >= 0.6 is 0 Å². The fraction of sp³-hybridized carbons (Fsp3) is 0.263. The molecule has 0 bridgehead atoms. The number of rotatable bonds is 3. The molecule has 0 N–H and O–H groups in total. The van der Waals surface area contributed by atoms with E-state index in [-0.39, 0.29) is 5.91 Å². The van der Waals surface area contributed by atoms with Crippen molar-refractivity contribution in [1.29, 1.82) is 0 Å². The Labute approximate surface area is 142 Å². The maximum absolute atomic E-state index is 12.7. The molecule has 0 atom stereocenters. The summed E-state index contributed by atoms with van der Waals surface area (Å²) in [6.07, 6.45) is 9.99. The third-order valence-corrected chi connectivity index (χ3v) is 4.47. The lowest BCUT2D eigenvalue weighted by molar-refractivity contribution is 0.0638. The number of benzene rings is 1. The van der Waals surface area contributed by atoms with Crippen molar-refractivity contribution >= 4 is 16.9 Å².